The minimum atomic E-state index is -0.139. The second-order valence-corrected chi connectivity index (χ2v) is 7.57. The molecule has 0 aliphatic heterocycles. The summed E-state index contributed by atoms with van der Waals surface area (Å²) in [6.07, 6.45) is 3.57. The topological polar surface area (TPSA) is 59.8 Å². The number of carbonyl (C=O) groups excluding carboxylic acids is 1. The lowest BCUT2D eigenvalue weighted by atomic mass is 10.1. The fourth-order valence-corrected chi connectivity index (χ4v) is 3.68. The molecule has 5 nitrogen and oxygen atoms in total. The first-order valence-corrected chi connectivity index (χ1v) is 10.4. The Hall–Kier alpha value is -3.18. The molecule has 0 aliphatic rings. The van der Waals surface area contributed by atoms with Crippen LogP contribution in [0.4, 0.5) is 0 Å². The molecule has 0 saturated carbocycles. The summed E-state index contributed by atoms with van der Waals surface area (Å²) in [4.78, 5) is 21.7. The summed E-state index contributed by atoms with van der Waals surface area (Å²) in [5, 5.41) is 3.66. The molecule has 0 aliphatic carbocycles. The molecule has 4 rings (SSSR count). The Morgan fingerprint density at radius 1 is 1.10 bits per heavy atom. The fourth-order valence-electron chi connectivity index (χ4n) is 3.48. The SMILES string of the molecule is CCCc1nc2cc(C(=O)NCc3ccccn3)ccc2n1Cc1ccccc1Cl. The van der Waals surface area contributed by atoms with Gasteiger partial charge in [-0.25, -0.2) is 4.98 Å². The van der Waals surface area contributed by atoms with Crippen LogP contribution in [0, 0.1) is 0 Å². The first-order valence-electron chi connectivity index (χ1n) is 10.1. The maximum atomic E-state index is 12.6. The Labute approximate surface area is 180 Å². The van der Waals surface area contributed by atoms with Crippen molar-refractivity contribution in [3.63, 3.8) is 0 Å². The molecule has 30 heavy (non-hydrogen) atoms. The first-order chi connectivity index (χ1) is 14.7. The van der Waals surface area contributed by atoms with Gasteiger partial charge < -0.3 is 9.88 Å². The highest BCUT2D eigenvalue weighted by Crippen LogP contribution is 2.23. The number of fused-ring (bicyclic) bond motifs is 1. The van der Waals surface area contributed by atoms with Crippen LogP contribution < -0.4 is 5.32 Å². The zero-order valence-corrected chi connectivity index (χ0v) is 17.6. The Morgan fingerprint density at radius 2 is 1.93 bits per heavy atom. The van der Waals surface area contributed by atoms with E-state index in [0.717, 1.165) is 46.0 Å². The van der Waals surface area contributed by atoms with Gasteiger partial charge in [0.25, 0.3) is 5.91 Å². The largest absolute Gasteiger partial charge is 0.346 e. The highest BCUT2D eigenvalue weighted by molar-refractivity contribution is 6.31. The molecule has 0 unspecified atom stereocenters. The lowest BCUT2D eigenvalue weighted by Gasteiger charge is -2.10. The van der Waals surface area contributed by atoms with Gasteiger partial charge in [0.2, 0.25) is 0 Å². The van der Waals surface area contributed by atoms with E-state index in [0.29, 0.717) is 18.7 Å². The van der Waals surface area contributed by atoms with E-state index in [1.54, 1.807) is 6.20 Å². The molecule has 2 aromatic heterocycles. The first kappa shape index (κ1) is 20.1. The number of nitrogens with one attached hydrogen (secondary N) is 1. The summed E-state index contributed by atoms with van der Waals surface area (Å²) in [6, 6.07) is 19.2. The Bertz CT molecular complexity index is 1170. The summed E-state index contributed by atoms with van der Waals surface area (Å²) < 4.78 is 2.19. The molecule has 2 heterocycles. The minimum absolute atomic E-state index is 0.139. The second kappa shape index (κ2) is 9.09. The molecule has 0 atom stereocenters. The molecule has 0 saturated heterocycles. The molecule has 0 radical (unpaired) electrons. The predicted molar refractivity (Wildman–Crippen MR) is 120 cm³/mol. The minimum Gasteiger partial charge on any atom is -0.346 e. The third-order valence-corrected chi connectivity index (χ3v) is 5.37. The normalized spacial score (nSPS) is 11.0. The van der Waals surface area contributed by atoms with Crippen molar-refractivity contribution in [2.45, 2.75) is 32.9 Å². The summed E-state index contributed by atoms with van der Waals surface area (Å²) in [5.41, 5.74) is 4.27. The Kier molecular flexibility index (Phi) is 6.10. The number of benzene rings is 2. The average Bonchev–Trinajstić information content (AvgIpc) is 3.11. The van der Waals surface area contributed by atoms with Gasteiger partial charge in [-0.3, -0.25) is 9.78 Å². The Morgan fingerprint density at radius 3 is 2.70 bits per heavy atom. The number of pyridine rings is 1. The van der Waals surface area contributed by atoms with Crippen LogP contribution in [0.1, 0.15) is 40.8 Å². The molecule has 152 valence electrons. The Balaban J connectivity index is 1.61. The van der Waals surface area contributed by atoms with Gasteiger partial charge in [0.1, 0.15) is 5.82 Å². The van der Waals surface area contributed by atoms with Crippen molar-refractivity contribution in [2.75, 3.05) is 0 Å². The van der Waals surface area contributed by atoms with Gasteiger partial charge in [-0.15, -0.1) is 0 Å². The summed E-state index contributed by atoms with van der Waals surface area (Å²) in [7, 11) is 0. The number of amides is 1. The van der Waals surface area contributed by atoms with Crippen LogP contribution in [0.2, 0.25) is 5.02 Å². The van der Waals surface area contributed by atoms with Gasteiger partial charge in [0.05, 0.1) is 29.8 Å². The van der Waals surface area contributed by atoms with Crippen LogP contribution >= 0.6 is 11.6 Å². The van der Waals surface area contributed by atoms with E-state index in [-0.39, 0.29) is 5.91 Å². The maximum Gasteiger partial charge on any atom is 0.251 e. The zero-order chi connectivity index (χ0) is 20.9. The number of aromatic nitrogens is 3. The van der Waals surface area contributed by atoms with Crippen molar-refractivity contribution in [3.05, 3.63) is 94.5 Å². The van der Waals surface area contributed by atoms with Gasteiger partial charge in [-0.1, -0.05) is 42.8 Å². The van der Waals surface area contributed by atoms with Crippen LogP contribution in [-0.2, 0) is 19.5 Å². The van der Waals surface area contributed by atoms with Gasteiger partial charge >= 0.3 is 0 Å². The van der Waals surface area contributed by atoms with E-state index < -0.39 is 0 Å². The van der Waals surface area contributed by atoms with Crippen LogP contribution in [0.25, 0.3) is 11.0 Å². The van der Waals surface area contributed by atoms with Crippen LogP contribution in [0.3, 0.4) is 0 Å². The van der Waals surface area contributed by atoms with E-state index in [9.17, 15) is 4.79 Å². The van der Waals surface area contributed by atoms with Crippen LogP contribution in [0.5, 0.6) is 0 Å². The monoisotopic (exact) mass is 418 g/mol. The van der Waals surface area contributed by atoms with E-state index in [4.69, 9.17) is 16.6 Å². The lowest BCUT2D eigenvalue weighted by Crippen LogP contribution is -2.23. The summed E-state index contributed by atoms with van der Waals surface area (Å²) in [6.45, 7) is 3.17. The number of halogens is 1. The molecule has 2 aromatic carbocycles. The molecule has 1 N–H and O–H groups in total. The second-order valence-electron chi connectivity index (χ2n) is 7.16. The fraction of sp³-hybridized carbons (Fsp3) is 0.208. The molecular formula is C24H23ClN4O. The third kappa shape index (κ3) is 4.36. The van der Waals surface area contributed by atoms with Crippen molar-refractivity contribution in [2.24, 2.45) is 0 Å². The number of hydrogen-bond donors (Lipinski definition) is 1. The molecule has 0 bridgehead atoms. The van der Waals surface area contributed by atoms with Crippen molar-refractivity contribution in [3.8, 4) is 0 Å². The standard InChI is InChI=1S/C24H23ClN4O/c1-2-7-23-28-21-14-17(24(30)27-15-19-9-5-6-13-26-19)11-12-22(21)29(23)16-18-8-3-4-10-20(18)25/h3-6,8-14H,2,7,15-16H2,1H3,(H,27,30). The van der Waals surface area contributed by atoms with Crippen molar-refractivity contribution >= 4 is 28.5 Å². The molecular weight excluding hydrogens is 396 g/mol. The molecule has 6 heteroatoms. The molecule has 0 fully saturated rings. The van der Waals surface area contributed by atoms with Crippen LogP contribution in [0.15, 0.2) is 66.9 Å². The third-order valence-electron chi connectivity index (χ3n) is 5.01. The van der Waals surface area contributed by atoms with Gasteiger partial charge in [0.15, 0.2) is 0 Å². The molecule has 0 spiro atoms. The van der Waals surface area contributed by atoms with Gasteiger partial charge in [0, 0.05) is 23.2 Å². The highest BCUT2D eigenvalue weighted by Gasteiger charge is 2.14. The number of rotatable bonds is 7. The van der Waals surface area contributed by atoms with E-state index in [2.05, 4.69) is 21.8 Å². The summed E-state index contributed by atoms with van der Waals surface area (Å²) in [5.74, 6) is 0.860. The predicted octanol–water partition coefficient (Wildman–Crippen LogP) is 5.02. The molecule has 1 amide bonds. The van der Waals surface area contributed by atoms with Crippen molar-refractivity contribution < 1.29 is 4.79 Å². The lowest BCUT2D eigenvalue weighted by molar-refractivity contribution is 0.0950. The number of imidazole rings is 1. The van der Waals surface area contributed by atoms with E-state index in [1.807, 2.05) is 60.7 Å². The maximum absolute atomic E-state index is 12.6. The van der Waals surface area contributed by atoms with Crippen LogP contribution in [-0.4, -0.2) is 20.4 Å². The van der Waals surface area contributed by atoms with Crippen molar-refractivity contribution in [1.29, 1.82) is 0 Å². The quantitative estimate of drug-likeness (QED) is 0.458. The van der Waals surface area contributed by atoms with E-state index in [1.165, 1.54) is 0 Å². The van der Waals surface area contributed by atoms with Gasteiger partial charge in [-0.2, -0.15) is 0 Å². The number of nitrogens with zero attached hydrogens (tertiary/aromatic N) is 3. The zero-order valence-electron chi connectivity index (χ0n) is 16.8. The average molecular weight is 419 g/mol. The number of carbonyl (C=O) groups is 1. The van der Waals surface area contributed by atoms with Crippen molar-refractivity contribution in [1.82, 2.24) is 19.9 Å². The number of hydrogen-bond acceptors (Lipinski definition) is 3. The molecule has 4 aromatic rings. The van der Waals surface area contributed by atoms with E-state index >= 15 is 0 Å². The highest BCUT2D eigenvalue weighted by atomic mass is 35.5. The smallest absolute Gasteiger partial charge is 0.251 e. The number of aryl methyl sites for hydroxylation is 1. The summed E-state index contributed by atoms with van der Waals surface area (Å²) >= 11 is 6.38. The van der Waals surface area contributed by atoms with Gasteiger partial charge in [-0.05, 0) is 48.4 Å².